The number of halogens is 1. The first kappa shape index (κ1) is 21.7. The Labute approximate surface area is 166 Å². The first-order valence-corrected chi connectivity index (χ1v) is 8.20. The predicted molar refractivity (Wildman–Crippen MR) is 108 cm³/mol. The topological polar surface area (TPSA) is 89.2 Å². The van der Waals surface area contributed by atoms with Gasteiger partial charge in [0, 0.05) is 19.6 Å². The Morgan fingerprint density at radius 1 is 1.32 bits per heavy atom. The van der Waals surface area contributed by atoms with Crippen LogP contribution in [0.25, 0.3) is 0 Å². The van der Waals surface area contributed by atoms with Crippen LogP contribution in [0.4, 0.5) is 0 Å². The summed E-state index contributed by atoms with van der Waals surface area (Å²) in [5.74, 6) is 0.0977. The van der Waals surface area contributed by atoms with E-state index in [1.54, 1.807) is 12.1 Å². The Morgan fingerprint density at radius 3 is 2.64 bits per heavy atom. The van der Waals surface area contributed by atoms with Gasteiger partial charge in [0.2, 0.25) is 0 Å². The molecule has 0 saturated carbocycles. The molecule has 8 heteroatoms. The second-order valence-corrected chi connectivity index (χ2v) is 5.62. The van der Waals surface area contributed by atoms with Gasteiger partial charge in [-0.1, -0.05) is 12.1 Å². The van der Waals surface area contributed by atoms with Crippen LogP contribution in [0.5, 0.6) is 0 Å². The summed E-state index contributed by atoms with van der Waals surface area (Å²) >= 11 is 0. The molecular weight excluding hydrogens is 435 g/mol. The van der Waals surface area contributed by atoms with Crippen molar-refractivity contribution < 1.29 is 14.3 Å². The van der Waals surface area contributed by atoms with Crippen LogP contribution >= 0.6 is 24.0 Å². The largest absolute Gasteiger partial charge is 0.465 e. The number of hydrogen-bond donors (Lipinski definition) is 2. The highest BCUT2D eigenvalue weighted by molar-refractivity contribution is 14.0. The molecule has 0 aliphatic carbocycles. The first-order chi connectivity index (χ1) is 11.7. The molecule has 0 aromatic heterocycles. The SMILES string of the molecule is COC(=O)c1ccc(CN=C(N)NCCCN2CCOCC2)cc1.I. The molecule has 1 aliphatic heterocycles. The molecule has 1 aliphatic rings. The second-order valence-electron chi connectivity index (χ2n) is 5.62. The van der Waals surface area contributed by atoms with Crippen LogP contribution in [0, 0.1) is 0 Å². The van der Waals surface area contributed by atoms with Crippen LogP contribution in [-0.4, -0.2) is 63.3 Å². The number of ether oxygens (including phenoxy) is 2. The highest BCUT2D eigenvalue weighted by atomic mass is 127. The minimum absolute atomic E-state index is 0. The molecule has 140 valence electrons. The van der Waals surface area contributed by atoms with E-state index in [0.717, 1.165) is 51.4 Å². The van der Waals surface area contributed by atoms with E-state index in [0.29, 0.717) is 18.1 Å². The van der Waals surface area contributed by atoms with Gasteiger partial charge < -0.3 is 20.5 Å². The third-order valence-corrected chi connectivity index (χ3v) is 3.87. The number of nitrogens with one attached hydrogen (secondary N) is 1. The van der Waals surface area contributed by atoms with Crippen molar-refractivity contribution in [1.82, 2.24) is 10.2 Å². The van der Waals surface area contributed by atoms with E-state index in [4.69, 9.17) is 10.5 Å². The predicted octanol–water partition coefficient (Wildman–Crippen LogP) is 1.22. The molecule has 0 radical (unpaired) electrons. The van der Waals surface area contributed by atoms with E-state index in [1.807, 2.05) is 12.1 Å². The zero-order chi connectivity index (χ0) is 17.2. The van der Waals surface area contributed by atoms with E-state index >= 15 is 0 Å². The number of rotatable bonds is 7. The van der Waals surface area contributed by atoms with Gasteiger partial charge >= 0.3 is 5.97 Å². The van der Waals surface area contributed by atoms with Crippen LogP contribution in [0.1, 0.15) is 22.3 Å². The molecule has 0 amide bonds. The number of hydrogen-bond acceptors (Lipinski definition) is 5. The molecule has 1 aromatic rings. The molecule has 0 atom stereocenters. The minimum atomic E-state index is -0.341. The van der Waals surface area contributed by atoms with Crippen LogP contribution in [0.15, 0.2) is 29.3 Å². The average molecular weight is 462 g/mol. The summed E-state index contributed by atoms with van der Waals surface area (Å²) < 4.78 is 9.99. The Bertz CT molecular complexity index is 545. The normalized spacial score (nSPS) is 15.3. The molecule has 0 unspecified atom stereocenters. The number of esters is 1. The standard InChI is InChI=1S/C17H26N4O3.HI/c1-23-16(22)15-5-3-14(4-6-15)13-20-17(18)19-7-2-8-21-9-11-24-12-10-21;/h3-6H,2,7-13H2,1H3,(H3,18,19,20);1H. The van der Waals surface area contributed by atoms with E-state index in [-0.39, 0.29) is 29.9 Å². The molecule has 0 spiro atoms. The van der Waals surface area contributed by atoms with Gasteiger partial charge in [-0.15, -0.1) is 24.0 Å². The summed E-state index contributed by atoms with van der Waals surface area (Å²) in [7, 11) is 1.37. The van der Waals surface area contributed by atoms with Crippen LogP contribution in [0.3, 0.4) is 0 Å². The first-order valence-electron chi connectivity index (χ1n) is 8.20. The van der Waals surface area contributed by atoms with Gasteiger partial charge in [-0.3, -0.25) is 4.90 Å². The fourth-order valence-corrected chi connectivity index (χ4v) is 2.44. The number of guanidine groups is 1. The maximum Gasteiger partial charge on any atom is 0.337 e. The number of carbonyl (C=O) groups excluding carboxylic acids is 1. The molecule has 1 saturated heterocycles. The zero-order valence-electron chi connectivity index (χ0n) is 14.6. The lowest BCUT2D eigenvalue weighted by Gasteiger charge is -2.26. The van der Waals surface area contributed by atoms with Crippen molar-refractivity contribution in [2.24, 2.45) is 10.7 Å². The van der Waals surface area contributed by atoms with E-state index < -0.39 is 0 Å². The maximum absolute atomic E-state index is 11.4. The quantitative estimate of drug-likeness (QED) is 0.208. The van der Waals surface area contributed by atoms with E-state index in [1.165, 1.54) is 7.11 Å². The molecule has 0 bridgehead atoms. The number of morpholine rings is 1. The van der Waals surface area contributed by atoms with E-state index in [9.17, 15) is 4.79 Å². The third kappa shape index (κ3) is 8.02. The van der Waals surface area contributed by atoms with Crippen molar-refractivity contribution in [3.05, 3.63) is 35.4 Å². The van der Waals surface area contributed by atoms with Gasteiger partial charge in [0.25, 0.3) is 0 Å². The monoisotopic (exact) mass is 462 g/mol. The molecule has 1 aromatic carbocycles. The molecule has 7 nitrogen and oxygen atoms in total. The molecule has 1 fully saturated rings. The lowest BCUT2D eigenvalue weighted by atomic mass is 10.1. The summed E-state index contributed by atoms with van der Waals surface area (Å²) in [5.41, 5.74) is 7.39. The number of aliphatic imine (C=N–C) groups is 1. The Balaban J connectivity index is 0.00000312. The molecule has 25 heavy (non-hydrogen) atoms. The fourth-order valence-electron chi connectivity index (χ4n) is 2.44. The Hall–Kier alpha value is -1.39. The van der Waals surface area contributed by atoms with Crippen molar-refractivity contribution in [1.29, 1.82) is 0 Å². The summed E-state index contributed by atoms with van der Waals surface area (Å²) in [6.45, 7) is 5.98. The maximum atomic E-state index is 11.4. The van der Waals surface area contributed by atoms with Gasteiger partial charge in [-0.2, -0.15) is 0 Å². The highest BCUT2D eigenvalue weighted by Gasteiger charge is 2.09. The third-order valence-electron chi connectivity index (χ3n) is 3.87. The average Bonchev–Trinajstić information content (AvgIpc) is 2.64. The minimum Gasteiger partial charge on any atom is -0.465 e. The number of methoxy groups -OCH3 is 1. The molecule has 1 heterocycles. The molecular formula is C17H27IN4O3. The van der Waals surface area contributed by atoms with Gasteiger partial charge in [0.15, 0.2) is 5.96 Å². The van der Waals surface area contributed by atoms with Gasteiger partial charge in [-0.25, -0.2) is 9.79 Å². The van der Waals surface area contributed by atoms with Crippen molar-refractivity contribution in [3.8, 4) is 0 Å². The molecule has 2 rings (SSSR count). The summed E-state index contributed by atoms with van der Waals surface area (Å²) in [4.78, 5) is 18.1. The van der Waals surface area contributed by atoms with E-state index in [2.05, 4.69) is 19.9 Å². The second kappa shape index (κ2) is 12.0. The zero-order valence-corrected chi connectivity index (χ0v) is 16.9. The number of carbonyl (C=O) groups is 1. The van der Waals surface area contributed by atoms with Crippen molar-refractivity contribution in [3.63, 3.8) is 0 Å². The Morgan fingerprint density at radius 2 is 2.00 bits per heavy atom. The van der Waals surface area contributed by atoms with Crippen molar-refractivity contribution in [2.75, 3.05) is 46.5 Å². The summed E-state index contributed by atoms with van der Waals surface area (Å²) in [6.07, 6.45) is 1.02. The van der Waals surface area contributed by atoms with Crippen LogP contribution in [0.2, 0.25) is 0 Å². The van der Waals surface area contributed by atoms with Gasteiger partial charge in [-0.05, 0) is 30.7 Å². The van der Waals surface area contributed by atoms with Crippen molar-refractivity contribution in [2.45, 2.75) is 13.0 Å². The fraction of sp³-hybridized carbons (Fsp3) is 0.529. The summed E-state index contributed by atoms with van der Waals surface area (Å²) in [5, 5.41) is 3.13. The number of nitrogens with two attached hydrogens (primary N) is 1. The molecule has 3 N–H and O–H groups in total. The van der Waals surface area contributed by atoms with Crippen LogP contribution in [-0.2, 0) is 16.0 Å². The lowest BCUT2D eigenvalue weighted by Crippen LogP contribution is -2.39. The number of benzene rings is 1. The Kier molecular flexibility index (Phi) is 10.4. The smallest absolute Gasteiger partial charge is 0.337 e. The van der Waals surface area contributed by atoms with Gasteiger partial charge in [0.1, 0.15) is 0 Å². The lowest BCUT2D eigenvalue weighted by molar-refractivity contribution is 0.0376. The highest BCUT2D eigenvalue weighted by Crippen LogP contribution is 2.06. The van der Waals surface area contributed by atoms with Crippen molar-refractivity contribution >= 4 is 35.9 Å². The summed E-state index contributed by atoms with van der Waals surface area (Å²) in [6, 6.07) is 7.15. The van der Waals surface area contributed by atoms with Crippen LogP contribution < -0.4 is 11.1 Å². The van der Waals surface area contributed by atoms with Gasteiger partial charge in [0.05, 0.1) is 32.4 Å². The number of nitrogens with zero attached hydrogens (tertiary/aromatic N) is 2.